The molecule has 0 unspecified atom stereocenters. The number of rotatable bonds is 3. The number of hydrogen-bond acceptors (Lipinski definition) is 3. The number of methoxy groups -OCH3 is 1. The Labute approximate surface area is 115 Å². The molecule has 0 atom stereocenters. The average molecular weight is 278 g/mol. The SMILES string of the molecule is COc1ccc(NC(=O)c2cc(O)ccc2Cl)cc1. The maximum absolute atomic E-state index is 12.0. The molecule has 2 aromatic rings. The lowest BCUT2D eigenvalue weighted by Gasteiger charge is -2.08. The molecule has 0 bridgehead atoms. The lowest BCUT2D eigenvalue weighted by Crippen LogP contribution is -2.12. The first-order valence-corrected chi connectivity index (χ1v) is 5.92. The summed E-state index contributed by atoms with van der Waals surface area (Å²) >= 11 is 5.91. The van der Waals surface area contributed by atoms with Gasteiger partial charge in [-0.3, -0.25) is 4.79 Å². The highest BCUT2D eigenvalue weighted by Gasteiger charge is 2.11. The quantitative estimate of drug-likeness (QED) is 0.905. The maximum atomic E-state index is 12.0. The standard InChI is InChI=1S/C14H12ClNO3/c1-19-11-5-2-9(3-6-11)16-14(18)12-8-10(17)4-7-13(12)15/h2-8,17H,1H3,(H,16,18). The van der Waals surface area contributed by atoms with Crippen LogP contribution in [0, 0.1) is 0 Å². The molecule has 0 aliphatic carbocycles. The topological polar surface area (TPSA) is 58.6 Å². The van der Waals surface area contributed by atoms with Gasteiger partial charge < -0.3 is 15.2 Å². The summed E-state index contributed by atoms with van der Waals surface area (Å²) in [6, 6.07) is 11.1. The third-order valence-corrected chi connectivity index (χ3v) is 2.87. The van der Waals surface area contributed by atoms with Crippen molar-refractivity contribution in [2.75, 3.05) is 12.4 Å². The molecule has 4 nitrogen and oxygen atoms in total. The van der Waals surface area contributed by atoms with Crippen LogP contribution in [0.3, 0.4) is 0 Å². The Bertz CT molecular complexity index is 596. The Balaban J connectivity index is 2.18. The molecule has 0 fully saturated rings. The number of nitrogens with one attached hydrogen (secondary N) is 1. The number of anilines is 1. The van der Waals surface area contributed by atoms with Crippen molar-refractivity contribution in [1.82, 2.24) is 0 Å². The number of phenolic OH excluding ortho intramolecular Hbond substituents is 1. The van der Waals surface area contributed by atoms with Crippen molar-refractivity contribution < 1.29 is 14.6 Å². The predicted octanol–water partition coefficient (Wildman–Crippen LogP) is 3.31. The molecular weight excluding hydrogens is 266 g/mol. The number of aromatic hydroxyl groups is 1. The number of benzene rings is 2. The van der Waals surface area contributed by atoms with Crippen LogP contribution in [0.15, 0.2) is 42.5 Å². The largest absolute Gasteiger partial charge is 0.508 e. The molecule has 0 aliphatic heterocycles. The van der Waals surface area contributed by atoms with Crippen molar-refractivity contribution in [3.63, 3.8) is 0 Å². The van der Waals surface area contributed by atoms with Crippen LogP contribution in [-0.4, -0.2) is 18.1 Å². The zero-order valence-electron chi connectivity index (χ0n) is 10.2. The summed E-state index contributed by atoms with van der Waals surface area (Å²) in [6.45, 7) is 0. The van der Waals surface area contributed by atoms with E-state index in [0.29, 0.717) is 11.4 Å². The smallest absolute Gasteiger partial charge is 0.257 e. The first-order valence-electron chi connectivity index (χ1n) is 5.54. The first kappa shape index (κ1) is 13.2. The molecule has 0 spiro atoms. The summed E-state index contributed by atoms with van der Waals surface area (Å²) in [5.74, 6) is 0.309. The van der Waals surface area contributed by atoms with Crippen LogP contribution in [0.2, 0.25) is 5.02 Å². The van der Waals surface area contributed by atoms with Gasteiger partial charge >= 0.3 is 0 Å². The fourth-order valence-electron chi connectivity index (χ4n) is 1.56. The van der Waals surface area contributed by atoms with Crippen molar-refractivity contribution in [3.8, 4) is 11.5 Å². The minimum atomic E-state index is -0.383. The summed E-state index contributed by atoms with van der Waals surface area (Å²) in [4.78, 5) is 12.0. The Morgan fingerprint density at radius 1 is 1.21 bits per heavy atom. The molecule has 5 heteroatoms. The number of amides is 1. The number of ether oxygens (including phenoxy) is 1. The van der Waals surface area contributed by atoms with E-state index in [9.17, 15) is 9.90 Å². The van der Waals surface area contributed by atoms with Crippen LogP contribution in [0.1, 0.15) is 10.4 Å². The number of carbonyl (C=O) groups is 1. The molecule has 0 heterocycles. The molecule has 0 saturated carbocycles. The van der Waals surface area contributed by atoms with Crippen molar-refractivity contribution in [1.29, 1.82) is 0 Å². The van der Waals surface area contributed by atoms with E-state index in [1.54, 1.807) is 31.4 Å². The van der Waals surface area contributed by atoms with Gasteiger partial charge in [-0.2, -0.15) is 0 Å². The fraction of sp³-hybridized carbons (Fsp3) is 0.0714. The zero-order valence-corrected chi connectivity index (χ0v) is 10.9. The fourth-order valence-corrected chi connectivity index (χ4v) is 1.76. The van der Waals surface area contributed by atoms with Gasteiger partial charge in [0.1, 0.15) is 11.5 Å². The van der Waals surface area contributed by atoms with E-state index >= 15 is 0 Å². The van der Waals surface area contributed by atoms with Gasteiger partial charge in [0.25, 0.3) is 5.91 Å². The minimum Gasteiger partial charge on any atom is -0.508 e. The summed E-state index contributed by atoms with van der Waals surface area (Å²) in [7, 11) is 1.57. The summed E-state index contributed by atoms with van der Waals surface area (Å²) < 4.78 is 5.03. The van der Waals surface area contributed by atoms with E-state index in [1.165, 1.54) is 18.2 Å². The Kier molecular flexibility index (Phi) is 3.92. The highest BCUT2D eigenvalue weighted by Crippen LogP contribution is 2.23. The minimum absolute atomic E-state index is 0.00993. The second-order valence-corrected chi connectivity index (χ2v) is 4.25. The number of carbonyl (C=O) groups excluding carboxylic acids is 1. The molecule has 0 aliphatic rings. The highest BCUT2D eigenvalue weighted by atomic mass is 35.5. The van der Waals surface area contributed by atoms with Crippen molar-refractivity contribution in [3.05, 3.63) is 53.1 Å². The van der Waals surface area contributed by atoms with Gasteiger partial charge in [0.15, 0.2) is 0 Å². The van der Waals surface area contributed by atoms with Crippen LogP contribution in [0.25, 0.3) is 0 Å². The lowest BCUT2D eigenvalue weighted by atomic mass is 10.2. The van der Waals surface area contributed by atoms with Gasteiger partial charge in [-0.25, -0.2) is 0 Å². The summed E-state index contributed by atoms with van der Waals surface area (Å²) in [6.07, 6.45) is 0. The molecule has 98 valence electrons. The highest BCUT2D eigenvalue weighted by molar-refractivity contribution is 6.34. The predicted molar refractivity (Wildman–Crippen MR) is 74.1 cm³/mol. The van der Waals surface area contributed by atoms with Crippen LogP contribution in [0.5, 0.6) is 11.5 Å². The van der Waals surface area contributed by atoms with Gasteiger partial charge in [0.2, 0.25) is 0 Å². The van der Waals surface area contributed by atoms with Crippen molar-refractivity contribution in [2.24, 2.45) is 0 Å². The molecule has 19 heavy (non-hydrogen) atoms. The molecule has 0 aromatic heterocycles. The second kappa shape index (κ2) is 5.63. The zero-order chi connectivity index (χ0) is 13.8. The molecule has 1 amide bonds. The maximum Gasteiger partial charge on any atom is 0.257 e. The van der Waals surface area contributed by atoms with E-state index in [1.807, 2.05) is 0 Å². The van der Waals surface area contributed by atoms with Crippen LogP contribution >= 0.6 is 11.6 Å². The molecule has 0 radical (unpaired) electrons. The van der Waals surface area contributed by atoms with E-state index in [2.05, 4.69) is 5.32 Å². The van der Waals surface area contributed by atoms with Gasteiger partial charge in [-0.1, -0.05) is 11.6 Å². The average Bonchev–Trinajstić information content (AvgIpc) is 2.42. The molecule has 2 aromatic carbocycles. The van der Waals surface area contributed by atoms with Crippen LogP contribution < -0.4 is 10.1 Å². The normalized spacial score (nSPS) is 10.0. The van der Waals surface area contributed by atoms with Crippen molar-refractivity contribution >= 4 is 23.2 Å². The molecule has 2 rings (SSSR count). The van der Waals surface area contributed by atoms with Crippen molar-refractivity contribution in [2.45, 2.75) is 0 Å². The molecule has 2 N–H and O–H groups in total. The Morgan fingerprint density at radius 3 is 2.53 bits per heavy atom. The lowest BCUT2D eigenvalue weighted by molar-refractivity contribution is 0.102. The summed E-state index contributed by atoms with van der Waals surface area (Å²) in [5, 5.41) is 12.3. The van der Waals surface area contributed by atoms with Gasteiger partial charge in [0.05, 0.1) is 17.7 Å². The monoisotopic (exact) mass is 277 g/mol. The molecule has 0 saturated heterocycles. The van der Waals surface area contributed by atoms with Gasteiger partial charge in [-0.05, 0) is 42.5 Å². The Hall–Kier alpha value is -2.20. The Morgan fingerprint density at radius 2 is 1.89 bits per heavy atom. The van der Waals surface area contributed by atoms with E-state index < -0.39 is 0 Å². The van der Waals surface area contributed by atoms with Gasteiger partial charge in [0, 0.05) is 5.69 Å². The van der Waals surface area contributed by atoms with Crippen LogP contribution in [-0.2, 0) is 0 Å². The number of halogens is 1. The van der Waals surface area contributed by atoms with E-state index in [0.717, 1.165) is 0 Å². The van der Waals surface area contributed by atoms with Gasteiger partial charge in [-0.15, -0.1) is 0 Å². The van der Waals surface area contributed by atoms with E-state index in [4.69, 9.17) is 16.3 Å². The number of hydrogen-bond donors (Lipinski definition) is 2. The molecular formula is C14H12ClNO3. The van der Waals surface area contributed by atoms with E-state index in [-0.39, 0.29) is 22.2 Å². The second-order valence-electron chi connectivity index (χ2n) is 3.85. The third kappa shape index (κ3) is 3.17. The number of phenols is 1. The van der Waals surface area contributed by atoms with Crippen LogP contribution in [0.4, 0.5) is 5.69 Å². The third-order valence-electron chi connectivity index (χ3n) is 2.54. The first-order chi connectivity index (χ1) is 9.10. The summed E-state index contributed by atoms with van der Waals surface area (Å²) in [5.41, 5.74) is 0.836.